The molecule has 2 saturated heterocycles. The number of halogens is 4. The zero-order valence-electron chi connectivity index (χ0n) is 24.7. The standard InChI is InChI=1S/C30H35ClF3N7O3/c1-5-26(42)41-12-11-40(15-20(41)14-35-2)28-22-9-10-39(25-8-6-7-23(31)27(25)30(32,33)34)17-24(22)36-29(37-28)44-18-19-13-21(43-4)16-38(19)3/h5-8,19-21H,1,9-18H2,3-4H3/t19-,20-,21+/m0/s1. The van der Waals surface area contributed by atoms with Crippen LogP contribution in [0.2, 0.25) is 5.02 Å². The maximum atomic E-state index is 14.0. The van der Waals surface area contributed by atoms with Gasteiger partial charge in [-0.1, -0.05) is 24.2 Å². The molecule has 0 radical (unpaired) electrons. The summed E-state index contributed by atoms with van der Waals surface area (Å²) in [7, 11) is 3.68. The lowest BCUT2D eigenvalue weighted by Crippen LogP contribution is -2.56. The predicted octanol–water partition coefficient (Wildman–Crippen LogP) is 3.93. The molecule has 3 aliphatic heterocycles. The summed E-state index contributed by atoms with van der Waals surface area (Å²) in [5.41, 5.74) is 0.486. The van der Waals surface area contributed by atoms with E-state index in [9.17, 15) is 18.0 Å². The van der Waals surface area contributed by atoms with Crippen molar-refractivity contribution in [3.63, 3.8) is 0 Å². The van der Waals surface area contributed by atoms with E-state index in [1.165, 1.54) is 24.3 Å². The quantitative estimate of drug-likeness (QED) is 0.320. The first-order valence-corrected chi connectivity index (χ1v) is 14.8. The lowest BCUT2D eigenvalue weighted by atomic mass is 10.0. The average Bonchev–Trinajstić information content (AvgIpc) is 3.37. The maximum Gasteiger partial charge on any atom is 0.419 e. The average molecular weight is 634 g/mol. The van der Waals surface area contributed by atoms with Crippen molar-refractivity contribution in [2.45, 2.75) is 43.8 Å². The number of hydrogen-bond acceptors (Lipinski definition) is 8. The number of carbonyl (C=O) groups is 1. The zero-order valence-corrected chi connectivity index (χ0v) is 25.4. The Balaban J connectivity index is 1.48. The Morgan fingerprint density at radius 2 is 2.00 bits per heavy atom. The summed E-state index contributed by atoms with van der Waals surface area (Å²) in [4.78, 5) is 33.0. The number of aromatic nitrogens is 2. The molecule has 10 nitrogen and oxygen atoms in total. The van der Waals surface area contributed by atoms with Gasteiger partial charge in [0, 0.05) is 51.4 Å². The highest BCUT2D eigenvalue weighted by Gasteiger charge is 2.39. The summed E-state index contributed by atoms with van der Waals surface area (Å²) in [6.07, 6.45) is -2.12. The highest BCUT2D eigenvalue weighted by molar-refractivity contribution is 6.31. The highest BCUT2D eigenvalue weighted by Crippen LogP contribution is 2.43. The fourth-order valence-electron chi connectivity index (χ4n) is 6.26. The minimum absolute atomic E-state index is 0.00913. The van der Waals surface area contributed by atoms with Crippen LogP contribution in [0.3, 0.4) is 0 Å². The van der Waals surface area contributed by atoms with Crippen molar-refractivity contribution in [1.82, 2.24) is 19.8 Å². The zero-order chi connectivity index (χ0) is 31.6. The Hall–Kier alpha value is -3.60. The van der Waals surface area contributed by atoms with Crippen LogP contribution in [0.25, 0.3) is 4.85 Å². The van der Waals surface area contributed by atoms with Gasteiger partial charge in [0.05, 0.1) is 34.6 Å². The van der Waals surface area contributed by atoms with E-state index >= 15 is 0 Å². The molecule has 1 amide bonds. The third-order valence-electron chi connectivity index (χ3n) is 8.57. The van der Waals surface area contributed by atoms with Gasteiger partial charge >= 0.3 is 12.2 Å². The van der Waals surface area contributed by atoms with E-state index in [0.717, 1.165) is 18.5 Å². The van der Waals surface area contributed by atoms with E-state index in [4.69, 9.17) is 37.6 Å². The van der Waals surface area contributed by atoms with Gasteiger partial charge in [-0.3, -0.25) is 9.69 Å². The Bertz CT molecular complexity index is 1440. The lowest BCUT2D eigenvalue weighted by Gasteiger charge is -2.41. The van der Waals surface area contributed by atoms with Gasteiger partial charge in [0.1, 0.15) is 18.5 Å². The van der Waals surface area contributed by atoms with Crippen LogP contribution in [-0.2, 0) is 28.7 Å². The van der Waals surface area contributed by atoms with Crippen LogP contribution >= 0.6 is 11.6 Å². The Morgan fingerprint density at radius 1 is 1.20 bits per heavy atom. The lowest BCUT2D eigenvalue weighted by molar-refractivity contribution is -0.137. The van der Waals surface area contributed by atoms with Gasteiger partial charge in [0.2, 0.25) is 12.5 Å². The number of ether oxygens (including phenoxy) is 2. The molecule has 5 rings (SSSR count). The number of nitrogens with zero attached hydrogens (tertiary/aromatic N) is 7. The number of hydrogen-bond donors (Lipinski definition) is 0. The number of alkyl halides is 3. The first-order chi connectivity index (χ1) is 21.0. The fraction of sp³-hybridized carbons (Fsp3) is 0.533. The summed E-state index contributed by atoms with van der Waals surface area (Å²) in [5, 5.41) is -0.360. The van der Waals surface area contributed by atoms with E-state index in [0.29, 0.717) is 50.7 Å². The van der Waals surface area contributed by atoms with Gasteiger partial charge in [0.15, 0.2) is 0 Å². The number of benzene rings is 1. The molecule has 236 valence electrons. The van der Waals surface area contributed by atoms with Crippen LogP contribution in [0.15, 0.2) is 30.9 Å². The van der Waals surface area contributed by atoms with E-state index in [1.807, 2.05) is 11.9 Å². The molecule has 14 heteroatoms. The summed E-state index contributed by atoms with van der Waals surface area (Å²) in [6.45, 7) is 13.8. The Kier molecular flexibility index (Phi) is 9.53. The van der Waals surface area contributed by atoms with Crippen molar-refractivity contribution < 1.29 is 27.4 Å². The minimum Gasteiger partial charge on any atom is -0.462 e. The molecule has 4 heterocycles. The largest absolute Gasteiger partial charge is 0.462 e. The van der Waals surface area contributed by atoms with Gasteiger partial charge in [-0.2, -0.15) is 23.1 Å². The molecule has 1 aromatic carbocycles. The summed E-state index contributed by atoms with van der Waals surface area (Å²) in [5.74, 6) is 0.377. The van der Waals surface area contributed by atoms with Crippen molar-refractivity contribution in [2.75, 3.05) is 69.8 Å². The van der Waals surface area contributed by atoms with Gasteiger partial charge < -0.3 is 29.0 Å². The van der Waals surface area contributed by atoms with Crippen LogP contribution in [0.5, 0.6) is 6.01 Å². The van der Waals surface area contributed by atoms with Gasteiger partial charge in [-0.15, -0.1) is 0 Å². The normalized spacial score (nSPS) is 22.5. The van der Waals surface area contributed by atoms with Crippen LogP contribution in [0, 0.1) is 6.57 Å². The topological polar surface area (TPSA) is 78.6 Å². The number of amides is 1. The molecular formula is C30H35ClF3N7O3. The van der Waals surface area contributed by atoms with Crippen molar-refractivity contribution >= 4 is 29.0 Å². The first kappa shape index (κ1) is 31.8. The van der Waals surface area contributed by atoms with Crippen molar-refractivity contribution in [3.8, 4) is 6.01 Å². The Morgan fingerprint density at radius 3 is 2.68 bits per heavy atom. The number of methoxy groups -OCH3 is 1. The molecule has 3 aliphatic rings. The number of piperazine rings is 1. The molecule has 2 aromatic rings. The van der Waals surface area contributed by atoms with E-state index < -0.39 is 11.7 Å². The number of likely N-dealkylation sites (N-methyl/N-ethyl adjacent to an activating group) is 1. The van der Waals surface area contributed by atoms with Crippen molar-refractivity contribution in [1.29, 1.82) is 0 Å². The molecule has 1 aromatic heterocycles. The Labute approximate surface area is 259 Å². The minimum atomic E-state index is -4.63. The predicted molar refractivity (Wildman–Crippen MR) is 160 cm³/mol. The van der Waals surface area contributed by atoms with Crippen LogP contribution < -0.4 is 14.5 Å². The number of fused-ring (bicyclic) bond motifs is 1. The fourth-order valence-corrected chi connectivity index (χ4v) is 6.54. The van der Waals surface area contributed by atoms with Gasteiger partial charge in [-0.25, -0.2) is 6.57 Å². The number of anilines is 2. The van der Waals surface area contributed by atoms with Gasteiger partial charge in [-0.05, 0) is 38.1 Å². The number of carbonyl (C=O) groups excluding carboxylic acids is 1. The molecule has 0 saturated carbocycles. The molecule has 2 fully saturated rings. The molecule has 0 unspecified atom stereocenters. The molecule has 44 heavy (non-hydrogen) atoms. The molecule has 0 spiro atoms. The van der Waals surface area contributed by atoms with Gasteiger partial charge in [0.25, 0.3) is 0 Å². The van der Waals surface area contributed by atoms with Crippen LogP contribution in [0.4, 0.5) is 24.7 Å². The third-order valence-corrected chi connectivity index (χ3v) is 8.88. The maximum absolute atomic E-state index is 14.0. The van der Waals surface area contributed by atoms with Crippen molar-refractivity contribution in [3.05, 3.63) is 64.1 Å². The molecule has 0 N–H and O–H groups in total. The molecular weight excluding hydrogens is 599 g/mol. The number of rotatable bonds is 8. The van der Waals surface area contributed by atoms with E-state index in [2.05, 4.69) is 16.3 Å². The monoisotopic (exact) mass is 633 g/mol. The molecule has 0 bridgehead atoms. The highest BCUT2D eigenvalue weighted by atomic mass is 35.5. The van der Waals surface area contributed by atoms with Crippen LogP contribution in [0.1, 0.15) is 23.2 Å². The summed E-state index contributed by atoms with van der Waals surface area (Å²) >= 11 is 6.04. The van der Waals surface area contributed by atoms with Crippen LogP contribution in [-0.4, -0.2) is 104 Å². The second kappa shape index (κ2) is 13.2. The number of likely N-dealkylation sites (tertiary alicyclic amines) is 1. The third kappa shape index (κ3) is 6.57. The first-order valence-electron chi connectivity index (χ1n) is 14.4. The summed E-state index contributed by atoms with van der Waals surface area (Å²) in [6, 6.07) is 4.00. The SMILES string of the molecule is [C-]#[N+]C[C@H]1CN(c2nc(OC[C@@H]3C[C@@H](OC)CN3C)nc3c2CCN(c2cccc(Cl)c2C(F)(F)F)C3)CCN1C(=O)C=C. The second-order valence-electron chi connectivity index (χ2n) is 11.2. The van der Waals surface area contributed by atoms with E-state index in [-0.39, 0.29) is 53.9 Å². The second-order valence-corrected chi connectivity index (χ2v) is 11.6. The summed E-state index contributed by atoms with van der Waals surface area (Å²) < 4.78 is 53.8. The molecule has 0 aliphatic carbocycles. The van der Waals surface area contributed by atoms with Crippen molar-refractivity contribution in [2.24, 2.45) is 0 Å². The van der Waals surface area contributed by atoms with E-state index in [1.54, 1.807) is 16.9 Å². The smallest absolute Gasteiger partial charge is 0.419 e. The molecule has 3 atom stereocenters.